The molecule has 1 aliphatic carbocycles. The molecule has 0 radical (unpaired) electrons. The number of nitrogens with two attached hydrogens (primary N) is 1. The monoisotopic (exact) mass is 417 g/mol. The molecule has 0 heterocycles. The van der Waals surface area contributed by atoms with Crippen LogP contribution in [0, 0.1) is 5.92 Å². The van der Waals surface area contributed by atoms with E-state index in [9.17, 15) is 13.5 Å². The van der Waals surface area contributed by atoms with E-state index in [1.54, 1.807) is 12.1 Å². The normalized spacial score (nSPS) is 16.4. The third-order valence-electron chi connectivity index (χ3n) is 5.63. The molecule has 29 heavy (non-hydrogen) atoms. The van der Waals surface area contributed by atoms with E-state index in [2.05, 4.69) is 17.0 Å². The number of aromatic hydroxyl groups is 1. The first-order chi connectivity index (χ1) is 13.8. The van der Waals surface area contributed by atoms with Gasteiger partial charge in [-0.2, -0.15) is 0 Å². The topological polar surface area (TPSA) is 104 Å². The van der Waals surface area contributed by atoms with Crippen molar-refractivity contribution in [2.75, 3.05) is 10.5 Å². The van der Waals surface area contributed by atoms with Crippen LogP contribution in [-0.4, -0.2) is 19.6 Å². The van der Waals surface area contributed by atoms with Crippen LogP contribution >= 0.6 is 0 Å². The number of phenols is 1. The standard InChI is InChI=1S/C22H31N3O3S/c1-16(13-17-7-3-2-4-8-17)24-15-18-9-5-6-10-21(18)25-29(27,28)19-11-12-20(23)22(26)14-19/h5-6,9-12,14,16-17,24-26H,2-4,7-8,13,15,23H2,1H3. The van der Waals surface area contributed by atoms with E-state index in [4.69, 9.17) is 5.73 Å². The highest BCUT2D eigenvalue weighted by Crippen LogP contribution is 2.28. The van der Waals surface area contributed by atoms with Crippen molar-refractivity contribution >= 4 is 21.4 Å². The predicted molar refractivity (Wildman–Crippen MR) is 117 cm³/mol. The minimum absolute atomic E-state index is 0.0300. The van der Waals surface area contributed by atoms with Gasteiger partial charge >= 0.3 is 0 Å². The van der Waals surface area contributed by atoms with Gasteiger partial charge in [0.05, 0.1) is 16.3 Å². The molecule has 0 amide bonds. The van der Waals surface area contributed by atoms with Crippen LogP contribution in [0.3, 0.4) is 0 Å². The van der Waals surface area contributed by atoms with Gasteiger partial charge in [-0.1, -0.05) is 50.3 Å². The minimum Gasteiger partial charge on any atom is -0.506 e. The molecule has 1 atom stereocenters. The smallest absolute Gasteiger partial charge is 0.262 e. The minimum atomic E-state index is -3.83. The van der Waals surface area contributed by atoms with Gasteiger partial charge in [-0.3, -0.25) is 4.72 Å². The molecule has 158 valence electrons. The molecule has 1 fully saturated rings. The molecule has 6 nitrogen and oxygen atoms in total. The van der Waals surface area contributed by atoms with Crippen molar-refractivity contribution in [1.29, 1.82) is 0 Å². The molecular formula is C22H31N3O3S. The van der Waals surface area contributed by atoms with Crippen LogP contribution in [0.4, 0.5) is 11.4 Å². The molecular weight excluding hydrogens is 386 g/mol. The molecule has 0 saturated heterocycles. The maximum Gasteiger partial charge on any atom is 0.262 e. The summed E-state index contributed by atoms with van der Waals surface area (Å²) in [4.78, 5) is -0.0300. The van der Waals surface area contributed by atoms with Gasteiger partial charge < -0.3 is 16.2 Å². The second kappa shape index (κ2) is 9.50. The fraction of sp³-hybridized carbons (Fsp3) is 0.455. The zero-order chi connectivity index (χ0) is 20.9. The summed E-state index contributed by atoms with van der Waals surface area (Å²) in [5.41, 5.74) is 7.12. The summed E-state index contributed by atoms with van der Waals surface area (Å²) in [5.74, 6) is 0.539. The molecule has 2 aromatic carbocycles. The van der Waals surface area contributed by atoms with E-state index in [-0.39, 0.29) is 16.3 Å². The van der Waals surface area contributed by atoms with Gasteiger partial charge in [-0.25, -0.2) is 8.42 Å². The number of hydrogen-bond acceptors (Lipinski definition) is 5. The Morgan fingerprint density at radius 1 is 1.14 bits per heavy atom. The largest absolute Gasteiger partial charge is 0.506 e. The van der Waals surface area contributed by atoms with Crippen molar-refractivity contribution in [3.63, 3.8) is 0 Å². The van der Waals surface area contributed by atoms with E-state index in [0.717, 1.165) is 24.0 Å². The molecule has 2 aromatic rings. The lowest BCUT2D eigenvalue weighted by atomic mass is 9.85. The zero-order valence-electron chi connectivity index (χ0n) is 16.9. The van der Waals surface area contributed by atoms with Gasteiger partial charge in [-0.15, -0.1) is 0 Å². The summed E-state index contributed by atoms with van der Waals surface area (Å²) in [5, 5.41) is 13.3. The summed E-state index contributed by atoms with van der Waals surface area (Å²) in [6, 6.07) is 11.6. The molecule has 1 saturated carbocycles. The number of benzene rings is 2. The Balaban J connectivity index is 1.65. The Labute approximate surface area is 173 Å². The van der Waals surface area contributed by atoms with E-state index >= 15 is 0 Å². The number of sulfonamides is 1. The molecule has 0 aliphatic heterocycles. The predicted octanol–water partition coefficient (Wildman–Crippen LogP) is 4.22. The Morgan fingerprint density at radius 2 is 1.86 bits per heavy atom. The lowest BCUT2D eigenvalue weighted by molar-refractivity contribution is 0.305. The summed E-state index contributed by atoms with van der Waals surface area (Å²) in [6.45, 7) is 2.78. The maximum atomic E-state index is 12.7. The van der Waals surface area contributed by atoms with Crippen molar-refractivity contribution in [3.8, 4) is 5.75 Å². The summed E-state index contributed by atoms with van der Waals surface area (Å²) >= 11 is 0. The van der Waals surface area contributed by atoms with E-state index in [0.29, 0.717) is 18.3 Å². The second-order valence-electron chi connectivity index (χ2n) is 8.00. The quantitative estimate of drug-likeness (QED) is 0.380. The van der Waals surface area contributed by atoms with Gasteiger partial charge in [0.25, 0.3) is 10.0 Å². The van der Waals surface area contributed by atoms with Gasteiger partial charge in [0.1, 0.15) is 5.75 Å². The van der Waals surface area contributed by atoms with Gasteiger partial charge in [0.2, 0.25) is 0 Å². The van der Waals surface area contributed by atoms with Crippen molar-refractivity contribution in [3.05, 3.63) is 48.0 Å². The van der Waals surface area contributed by atoms with Crippen LogP contribution in [-0.2, 0) is 16.6 Å². The van der Waals surface area contributed by atoms with Crippen LogP contribution < -0.4 is 15.8 Å². The Kier molecular flexibility index (Phi) is 7.03. The number of para-hydroxylation sites is 1. The van der Waals surface area contributed by atoms with E-state index in [1.165, 1.54) is 44.2 Å². The highest BCUT2D eigenvalue weighted by atomic mass is 32.2. The van der Waals surface area contributed by atoms with Crippen molar-refractivity contribution < 1.29 is 13.5 Å². The van der Waals surface area contributed by atoms with Crippen LogP contribution in [0.1, 0.15) is 51.0 Å². The first kappa shape index (κ1) is 21.5. The average molecular weight is 418 g/mol. The van der Waals surface area contributed by atoms with E-state index < -0.39 is 10.0 Å². The number of nitrogen functional groups attached to an aromatic ring is 1. The molecule has 5 N–H and O–H groups in total. The average Bonchev–Trinajstić information content (AvgIpc) is 2.70. The second-order valence-corrected chi connectivity index (χ2v) is 9.69. The lowest BCUT2D eigenvalue weighted by Crippen LogP contribution is -2.29. The molecule has 0 bridgehead atoms. The Hall–Kier alpha value is -2.25. The molecule has 0 spiro atoms. The fourth-order valence-corrected chi connectivity index (χ4v) is 5.08. The molecule has 7 heteroatoms. The molecule has 0 aromatic heterocycles. The van der Waals surface area contributed by atoms with E-state index in [1.807, 2.05) is 12.1 Å². The summed E-state index contributed by atoms with van der Waals surface area (Å²) < 4.78 is 28.1. The van der Waals surface area contributed by atoms with Crippen LogP contribution in [0.5, 0.6) is 5.75 Å². The zero-order valence-corrected chi connectivity index (χ0v) is 17.7. The van der Waals surface area contributed by atoms with Crippen molar-refractivity contribution in [2.45, 2.75) is 62.9 Å². The maximum absolute atomic E-state index is 12.7. The van der Waals surface area contributed by atoms with Crippen LogP contribution in [0.2, 0.25) is 0 Å². The number of hydrogen-bond donors (Lipinski definition) is 4. The van der Waals surface area contributed by atoms with Crippen molar-refractivity contribution in [2.24, 2.45) is 5.92 Å². The number of rotatable bonds is 8. The van der Waals surface area contributed by atoms with Crippen LogP contribution in [0.15, 0.2) is 47.4 Å². The lowest BCUT2D eigenvalue weighted by Gasteiger charge is -2.25. The SMILES string of the molecule is CC(CC1CCCCC1)NCc1ccccc1NS(=O)(=O)c1ccc(N)c(O)c1. The highest BCUT2D eigenvalue weighted by molar-refractivity contribution is 7.92. The molecule has 3 rings (SSSR count). The van der Waals surface area contributed by atoms with Gasteiger partial charge in [0.15, 0.2) is 0 Å². The fourth-order valence-electron chi connectivity index (χ4n) is 3.96. The third-order valence-corrected chi connectivity index (χ3v) is 6.99. The first-order valence-electron chi connectivity index (χ1n) is 10.3. The summed E-state index contributed by atoms with van der Waals surface area (Å²) in [6.07, 6.45) is 7.81. The Morgan fingerprint density at radius 3 is 2.59 bits per heavy atom. The third kappa shape index (κ3) is 5.87. The number of phenolic OH excluding ortho intramolecular Hbond substituents is 1. The number of anilines is 2. The van der Waals surface area contributed by atoms with Gasteiger partial charge in [-0.05, 0) is 43.0 Å². The van der Waals surface area contributed by atoms with Crippen molar-refractivity contribution in [1.82, 2.24) is 5.32 Å². The Bertz CT molecular complexity index is 925. The summed E-state index contributed by atoms with van der Waals surface area (Å²) in [7, 11) is -3.83. The first-order valence-corrected chi connectivity index (χ1v) is 11.8. The molecule has 1 aliphatic rings. The molecule has 1 unspecified atom stereocenters. The van der Waals surface area contributed by atoms with Gasteiger partial charge in [0, 0.05) is 18.7 Å². The number of nitrogens with one attached hydrogen (secondary N) is 2. The van der Waals surface area contributed by atoms with Crippen LogP contribution in [0.25, 0.3) is 0 Å². The highest BCUT2D eigenvalue weighted by Gasteiger charge is 2.19.